The highest BCUT2D eigenvalue weighted by atomic mass is 16.5. The van der Waals surface area contributed by atoms with Crippen LogP contribution in [-0.2, 0) is 4.74 Å². The lowest BCUT2D eigenvalue weighted by atomic mass is 9.69. The normalized spacial score (nSPS) is 30.3. The van der Waals surface area contributed by atoms with Gasteiger partial charge in [0.1, 0.15) is 0 Å². The van der Waals surface area contributed by atoms with Crippen molar-refractivity contribution in [2.75, 3.05) is 6.61 Å². The van der Waals surface area contributed by atoms with E-state index in [1.54, 1.807) is 0 Å². The van der Waals surface area contributed by atoms with E-state index in [0.717, 1.165) is 19.4 Å². The lowest BCUT2D eigenvalue weighted by molar-refractivity contribution is -0.0373. The Balaban J connectivity index is 2.59. The average Bonchev–Trinajstić information content (AvgIpc) is 2.24. The van der Waals surface area contributed by atoms with Gasteiger partial charge in [-0.2, -0.15) is 5.26 Å². The maximum Gasteiger partial charge on any atom is 0.0736 e. The molecule has 1 saturated carbocycles. The van der Waals surface area contributed by atoms with Gasteiger partial charge < -0.3 is 4.74 Å². The fourth-order valence-electron chi connectivity index (χ4n) is 2.56. The summed E-state index contributed by atoms with van der Waals surface area (Å²) in [6.45, 7) is 12.0. The van der Waals surface area contributed by atoms with E-state index in [9.17, 15) is 5.26 Å². The summed E-state index contributed by atoms with van der Waals surface area (Å²) in [4.78, 5) is 0. The van der Waals surface area contributed by atoms with Crippen molar-refractivity contribution in [3.8, 4) is 6.07 Å². The van der Waals surface area contributed by atoms with Gasteiger partial charge >= 0.3 is 0 Å². The highest BCUT2D eigenvalue weighted by molar-refractivity contribution is 4.96. The molecule has 3 unspecified atom stereocenters. The molecule has 2 nitrogen and oxygen atoms in total. The van der Waals surface area contributed by atoms with Gasteiger partial charge in [0, 0.05) is 6.61 Å². The fourth-order valence-corrected chi connectivity index (χ4v) is 2.56. The quantitative estimate of drug-likeness (QED) is 0.743. The molecule has 0 bridgehead atoms. The van der Waals surface area contributed by atoms with Gasteiger partial charge in [-0.05, 0) is 36.5 Å². The van der Waals surface area contributed by atoms with Crippen LogP contribution in [0, 0.1) is 34.5 Å². The molecule has 0 aliphatic heterocycles. The van der Waals surface area contributed by atoms with Crippen molar-refractivity contribution < 1.29 is 4.74 Å². The lowest BCUT2D eigenvalue weighted by Crippen LogP contribution is -2.36. The van der Waals surface area contributed by atoms with Gasteiger partial charge in [-0.15, -0.1) is 0 Å². The molecule has 0 aromatic rings. The SMILES string of the molecule is CC(C)COC1CC(C(C)(C)C)CCC1C#N. The van der Waals surface area contributed by atoms with Gasteiger partial charge in [0.2, 0.25) is 0 Å². The van der Waals surface area contributed by atoms with Crippen LogP contribution in [0.3, 0.4) is 0 Å². The van der Waals surface area contributed by atoms with Crippen LogP contribution < -0.4 is 0 Å². The summed E-state index contributed by atoms with van der Waals surface area (Å²) in [5.74, 6) is 1.33. The predicted octanol–water partition coefficient (Wildman–Crippen LogP) is 4.01. The van der Waals surface area contributed by atoms with Crippen molar-refractivity contribution in [2.45, 2.75) is 60.0 Å². The molecule has 0 aromatic carbocycles. The molecule has 0 saturated heterocycles. The summed E-state index contributed by atoms with van der Waals surface area (Å²) < 4.78 is 5.95. The number of nitriles is 1. The molecule has 98 valence electrons. The van der Waals surface area contributed by atoms with Crippen molar-refractivity contribution >= 4 is 0 Å². The van der Waals surface area contributed by atoms with Gasteiger partial charge in [0.15, 0.2) is 0 Å². The van der Waals surface area contributed by atoms with E-state index in [1.807, 2.05) is 0 Å². The highest BCUT2D eigenvalue weighted by Gasteiger charge is 2.36. The Morgan fingerprint density at radius 2 is 1.94 bits per heavy atom. The minimum absolute atomic E-state index is 0.104. The number of hydrogen-bond donors (Lipinski definition) is 0. The second kappa shape index (κ2) is 5.87. The van der Waals surface area contributed by atoms with Crippen molar-refractivity contribution in [2.24, 2.45) is 23.2 Å². The Morgan fingerprint density at radius 3 is 2.41 bits per heavy atom. The van der Waals surface area contributed by atoms with Crippen LogP contribution in [-0.4, -0.2) is 12.7 Å². The van der Waals surface area contributed by atoms with Crippen LogP contribution in [0.2, 0.25) is 0 Å². The minimum Gasteiger partial charge on any atom is -0.377 e. The first-order chi connectivity index (χ1) is 7.84. The van der Waals surface area contributed by atoms with E-state index in [2.05, 4.69) is 40.7 Å². The number of hydrogen-bond acceptors (Lipinski definition) is 2. The van der Waals surface area contributed by atoms with Crippen LogP contribution in [0.4, 0.5) is 0 Å². The Morgan fingerprint density at radius 1 is 1.29 bits per heavy atom. The zero-order valence-electron chi connectivity index (χ0n) is 12.0. The Labute approximate surface area is 106 Å². The summed E-state index contributed by atoms with van der Waals surface area (Å²) in [6, 6.07) is 2.42. The highest BCUT2D eigenvalue weighted by Crippen LogP contribution is 2.40. The summed E-state index contributed by atoms with van der Waals surface area (Å²) in [5.41, 5.74) is 0.333. The molecule has 0 radical (unpaired) electrons. The predicted molar refractivity (Wildman–Crippen MR) is 70.5 cm³/mol. The van der Waals surface area contributed by atoms with E-state index >= 15 is 0 Å². The molecular formula is C15H27NO. The largest absolute Gasteiger partial charge is 0.377 e. The smallest absolute Gasteiger partial charge is 0.0736 e. The molecular weight excluding hydrogens is 210 g/mol. The topological polar surface area (TPSA) is 33.0 Å². The van der Waals surface area contributed by atoms with E-state index in [4.69, 9.17) is 4.74 Å². The van der Waals surface area contributed by atoms with Crippen molar-refractivity contribution in [1.29, 1.82) is 5.26 Å². The third-order valence-corrected chi connectivity index (χ3v) is 3.83. The average molecular weight is 237 g/mol. The molecule has 1 rings (SSSR count). The molecule has 3 atom stereocenters. The number of nitrogens with zero attached hydrogens (tertiary/aromatic N) is 1. The Bertz CT molecular complexity index is 272. The summed E-state index contributed by atoms with van der Waals surface area (Å²) in [5, 5.41) is 9.19. The first-order valence-corrected chi connectivity index (χ1v) is 6.85. The second-order valence-corrected chi connectivity index (χ2v) is 6.88. The standard InChI is InChI=1S/C15H27NO/c1-11(2)10-17-14-8-13(15(3,4)5)7-6-12(14)9-16/h11-14H,6-8,10H2,1-5H3. The summed E-state index contributed by atoms with van der Waals surface area (Å²) in [7, 11) is 0. The Hall–Kier alpha value is -0.550. The minimum atomic E-state index is 0.104. The maximum atomic E-state index is 9.19. The number of rotatable bonds is 3. The first-order valence-electron chi connectivity index (χ1n) is 6.85. The molecule has 1 aliphatic rings. The summed E-state index contributed by atoms with van der Waals surface area (Å²) in [6.07, 6.45) is 3.37. The van der Waals surface area contributed by atoms with Crippen LogP contribution >= 0.6 is 0 Å². The lowest BCUT2D eigenvalue weighted by Gasteiger charge is -2.39. The molecule has 1 aliphatic carbocycles. The van der Waals surface area contributed by atoms with Crippen LogP contribution in [0.15, 0.2) is 0 Å². The fraction of sp³-hybridized carbons (Fsp3) is 0.933. The van der Waals surface area contributed by atoms with E-state index in [1.165, 1.54) is 6.42 Å². The number of ether oxygens (including phenoxy) is 1. The zero-order chi connectivity index (χ0) is 13.1. The van der Waals surface area contributed by atoms with E-state index < -0.39 is 0 Å². The molecule has 0 amide bonds. The van der Waals surface area contributed by atoms with Gasteiger partial charge in [0.25, 0.3) is 0 Å². The van der Waals surface area contributed by atoms with Crippen LogP contribution in [0.1, 0.15) is 53.9 Å². The molecule has 17 heavy (non-hydrogen) atoms. The van der Waals surface area contributed by atoms with Crippen molar-refractivity contribution in [3.63, 3.8) is 0 Å². The Kier molecular flexibility index (Phi) is 5.01. The van der Waals surface area contributed by atoms with E-state index in [0.29, 0.717) is 17.3 Å². The van der Waals surface area contributed by atoms with Crippen molar-refractivity contribution in [1.82, 2.24) is 0 Å². The molecule has 0 heterocycles. The van der Waals surface area contributed by atoms with Crippen LogP contribution in [0.25, 0.3) is 0 Å². The molecule has 1 fully saturated rings. The molecule has 0 N–H and O–H groups in total. The van der Waals surface area contributed by atoms with Crippen molar-refractivity contribution in [3.05, 3.63) is 0 Å². The maximum absolute atomic E-state index is 9.19. The molecule has 0 aromatic heterocycles. The summed E-state index contributed by atoms with van der Waals surface area (Å²) >= 11 is 0. The van der Waals surface area contributed by atoms with E-state index in [-0.39, 0.29) is 12.0 Å². The zero-order valence-corrected chi connectivity index (χ0v) is 12.0. The van der Waals surface area contributed by atoms with Gasteiger partial charge in [-0.3, -0.25) is 0 Å². The van der Waals surface area contributed by atoms with Gasteiger partial charge in [-0.1, -0.05) is 34.6 Å². The van der Waals surface area contributed by atoms with Gasteiger partial charge in [0.05, 0.1) is 18.1 Å². The molecule has 2 heteroatoms. The third kappa shape index (κ3) is 4.32. The van der Waals surface area contributed by atoms with Crippen LogP contribution in [0.5, 0.6) is 0 Å². The third-order valence-electron chi connectivity index (χ3n) is 3.83. The molecule has 0 spiro atoms. The second-order valence-electron chi connectivity index (χ2n) is 6.88. The van der Waals surface area contributed by atoms with Gasteiger partial charge in [-0.25, -0.2) is 0 Å². The monoisotopic (exact) mass is 237 g/mol. The first kappa shape index (κ1) is 14.5.